The van der Waals surface area contributed by atoms with Gasteiger partial charge in [-0.15, -0.1) is 22.7 Å². The van der Waals surface area contributed by atoms with E-state index in [1.807, 2.05) is 47.8 Å². The highest BCUT2D eigenvalue weighted by molar-refractivity contribution is 7.17. The quantitative estimate of drug-likeness (QED) is 0.333. The Morgan fingerprint density at radius 1 is 1.12 bits per heavy atom. The number of thiophene rings is 1. The Morgan fingerprint density at radius 2 is 1.92 bits per heavy atom. The number of aromatic nitrogens is 1. The summed E-state index contributed by atoms with van der Waals surface area (Å²) in [5, 5.41) is 2.68. The van der Waals surface area contributed by atoms with Crippen molar-refractivity contribution in [3.05, 3.63) is 63.3 Å². The largest absolute Gasteiger partial charge is 0.461 e. The summed E-state index contributed by atoms with van der Waals surface area (Å²) in [5.74, 6) is -0.285. The first kappa shape index (κ1) is 17.5. The molecular weight excluding hydrogens is 354 g/mol. The van der Waals surface area contributed by atoms with E-state index in [4.69, 9.17) is 4.74 Å². The van der Waals surface area contributed by atoms with Crippen LogP contribution in [0.15, 0.2) is 47.8 Å². The summed E-state index contributed by atoms with van der Waals surface area (Å²) in [5.41, 5.74) is 1.65. The van der Waals surface area contributed by atoms with E-state index >= 15 is 0 Å². The van der Waals surface area contributed by atoms with Crippen molar-refractivity contribution in [3.63, 3.8) is 0 Å². The van der Waals surface area contributed by atoms with Crippen LogP contribution in [0.25, 0.3) is 10.6 Å². The van der Waals surface area contributed by atoms with Crippen LogP contribution in [0.2, 0.25) is 0 Å². The molecule has 0 amide bonds. The van der Waals surface area contributed by atoms with Crippen LogP contribution in [-0.4, -0.2) is 23.3 Å². The summed E-state index contributed by atoms with van der Waals surface area (Å²) in [6, 6.07) is 13.4. The molecule has 0 bridgehead atoms. The fourth-order valence-corrected chi connectivity index (χ4v) is 3.97. The third-order valence-corrected chi connectivity index (χ3v) is 5.68. The lowest BCUT2D eigenvalue weighted by molar-refractivity contribution is 0.0499. The predicted molar refractivity (Wildman–Crippen MR) is 100 cm³/mol. The number of Topliss-reactive ketones (excluding diaryl/α,β-unsaturated/α-hetero) is 1. The van der Waals surface area contributed by atoms with Gasteiger partial charge >= 0.3 is 5.97 Å². The molecule has 0 saturated carbocycles. The zero-order chi connectivity index (χ0) is 17.6. The van der Waals surface area contributed by atoms with Gasteiger partial charge in [0.25, 0.3) is 0 Å². The van der Waals surface area contributed by atoms with Crippen molar-refractivity contribution >= 4 is 34.4 Å². The zero-order valence-corrected chi connectivity index (χ0v) is 15.4. The van der Waals surface area contributed by atoms with Crippen LogP contribution in [-0.2, 0) is 4.74 Å². The highest BCUT2D eigenvalue weighted by atomic mass is 32.1. The summed E-state index contributed by atoms with van der Waals surface area (Å²) in [7, 11) is 0. The number of aryl methyl sites for hydroxylation is 1. The number of ketones is 1. The highest BCUT2D eigenvalue weighted by Gasteiger charge is 2.17. The molecule has 0 atom stereocenters. The van der Waals surface area contributed by atoms with Gasteiger partial charge in [-0.05, 0) is 24.8 Å². The molecule has 3 rings (SSSR count). The number of hydrogen-bond acceptors (Lipinski definition) is 6. The van der Waals surface area contributed by atoms with Gasteiger partial charge in [0.05, 0.1) is 17.2 Å². The third-order valence-electron chi connectivity index (χ3n) is 3.58. The number of hydrogen-bond donors (Lipinski definition) is 0. The van der Waals surface area contributed by atoms with E-state index in [1.165, 1.54) is 22.7 Å². The van der Waals surface area contributed by atoms with Gasteiger partial charge in [0.1, 0.15) is 9.88 Å². The Hall–Kier alpha value is -2.31. The van der Waals surface area contributed by atoms with E-state index in [9.17, 15) is 9.59 Å². The molecule has 3 aromatic rings. The van der Waals surface area contributed by atoms with Gasteiger partial charge in [-0.3, -0.25) is 4.79 Å². The lowest BCUT2D eigenvalue weighted by Crippen LogP contribution is -2.07. The van der Waals surface area contributed by atoms with Gasteiger partial charge in [0.15, 0.2) is 5.78 Å². The van der Waals surface area contributed by atoms with E-state index in [0.717, 1.165) is 15.4 Å². The minimum Gasteiger partial charge on any atom is -0.461 e. The Labute approximate surface area is 154 Å². The van der Waals surface area contributed by atoms with Crippen molar-refractivity contribution in [2.24, 2.45) is 0 Å². The minimum absolute atomic E-state index is 0.0892. The van der Waals surface area contributed by atoms with E-state index in [2.05, 4.69) is 4.98 Å². The zero-order valence-electron chi connectivity index (χ0n) is 13.7. The van der Waals surface area contributed by atoms with E-state index in [-0.39, 0.29) is 18.4 Å². The molecule has 0 aliphatic carbocycles. The molecular formula is C19H17NO3S2. The van der Waals surface area contributed by atoms with Crippen LogP contribution in [0.4, 0.5) is 0 Å². The molecule has 0 unspecified atom stereocenters. The normalized spacial score (nSPS) is 10.6. The van der Waals surface area contributed by atoms with Crippen molar-refractivity contribution in [2.45, 2.75) is 19.8 Å². The van der Waals surface area contributed by atoms with Gasteiger partial charge in [-0.2, -0.15) is 0 Å². The second-order valence-electron chi connectivity index (χ2n) is 5.44. The maximum Gasteiger partial charge on any atom is 0.350 e. The minimum atomic E-state index is -0.374. The first-order chi connectivity index (χ1) is 12.1. The molecule has 0 aliphatic heterocycles. The number of nitrogens with zero attached hydrogens (tertiary/aromatic N) is 1. The lowest BCUT2D eigenvalue weighted by atomic mass is 10.2. The summed E-state index contributed by atoms with van der Waals surface area (Å²) in [6.07, 6.45) is 0.899. The van der Waals surface area contributed by atoms with Gasteiger partial charge < -0.3 is 4.74 Å². The van der Waals surface area contributed by atoms with E-state index in [1.54, 1.807) is 6.92 Å². The van der Waals surface area contributed by atoms with Crippen molar-refractivity contribution in [2.75, 3.05) is 6.61 Å². The Balaban J connectivity index is 1.53. The lowest BCUT2D eigenvalue weighted by Gasteiger charge is -2.03. The van der Waals surface area contributed by atoms with Crippen molar-refractivity contribution in [1.82, 2.24) is 4.98 Å². The number of benzene rings is 1. The van der Waals surface area contributed by atoms with Crippen LogP contribution >= 0.6 is 22.7 Å². The molecule has 2 heterocycles. The van der Waals surface area contributed by atoms with Crippen LogP contribution in [0.1, 0.15) is 37.9 Å². The maximum atomic E-state index is 12.2. The number of esters is 1. The Morgan fingerprint density at radius 3 is 2.64 bits per heavy atom. The number of ether oxygens (including phenoxy) is 1. The number of carbonyl (C=O) groups excluding carboxylic acids is 2. The monoisotopic (exact) mass is 371 g/mol. The highest BCUT2D eigenvalue weighted by Crippen LogP contribution is 2.28. The SMILES string of the molecule is Cc1nc(-c2ccccc2)sc1C(=O)OCCCC(=O)c1cccs1. The van der Waals surface area contributed by atoms with Crippen molar-refractivity contribution in [1.29, 1.82) is 0 Å². The molecule has 128 valence electrons. The first-order valence-corrected chi connectivity index (χ1v) is 9.61. The van der Waals surface area contributed by atoms with Crippen LogP contribution in [0.3, 0.4) is 0 Å². The molecule has 1 aromatic carbocycles. The summed E-state index contributed by atoms with van der Waals surface area (Å²) < 4.78 is 5.31. The summed E-state index contributed by atoms with van der Waals surface area (Å²) in [6.45, 7) is 2.04. The van der Waals surface area contributed by atoms with Gasteiger partial charge in [0, 0.05) is 12.0 Å². The number of carbonyl (C=O) groups is 2. The maximum absolute atomic E-state index is 12.2. The number of thiazole rings is 1. The van der Waals surface area contributed by atoms with E-state index in [0.29, 0.717) is 23.4 Å². The predicted octanol–water partition coefficient (Wildman–Crippen LogP) is 5.00. The second-order valence-corrected chi connectivity index (χ2v) is 7.39. The second kappa shape index (κ2) is 8.18. The molecule has 6 heteroatoms. The summed E-state index contributed by atoms with van der Waals surface area (Å²) >= 11 is 2.76. The molecule has 2 aromatic heterocycles. The molecule has 0 saturated heterocycles. The van der Waals surface area contributed by atoms with Gasteiger partial charge in [0.2, 0.25) is 0 Å². The van der Waals surface area contributed by atoms with Crippen molar-refractivity contribution < 1.29 is 14.3 Å². The smallest absolute Gasteiger partial charge is 0.350 e. The molecule has 0 N–H and O–H groups in total. The van der Waals surface area contributed by atoms with Crippen LogP contribution in [0.5, 0.6) is 0 Å². The van der Waals surface area contributed by atoms with E-state index < -0.39 is 0 Å². The average Bonchev–Trinajstić information content (AvgIpc) is 3.29. The first-order valence-electron chi connectivity index (χ1n) is 7.92. The van der Waals surface area contributed by atoms with Crippen molar-refractivity contribution in [3.8, 4) is 10.6 Å². The average molecular weight is 371 g/mol. The molecule has 0 fully saturated rings. The molecule has 0 spiro atoms. The van der Waals surface area contributed by atoms with Gasteiger partial charge in [-0.1, -0.05) is 36.4 Å². The molecule has 0 aliphatic rings. The Kier molecular flexibility index (Phi) is 5.73. The Bertz CT molecular complexity index is 854. The third kappa shape index (κ3) is 4.41. The fraction of sp³-hybridized carbons (Fsp3) is 0.211. The fourth-order valence-electron chi connectivity index (χ4n) is 2.31. The topological polar surface area (TPSA) is 56.3 Å². The molecule has 25 heavy (non-hydrogen) atoms. The van der Waals surface area contributed by atoms with Gasteiger partial charge in [-0.25, -0.2) is 9.78 Å². The number of rotatable bonds is 7. The summed E-state index contributed by atoms with van der Waals surface area (Å²) in [4.78, 5) is 29.9. The standard InChI is InChI=1S/C19H17NO3S2/c1-13-17(25-18(20-13)14-7-3-2-4-8-14)19(22)23-11-5-9-15(21)16-10-6-12-24-16/h2-4,6-8,10,12H,5,9,11H2,1H3. The van der Waals surface area contributed by atoms with Crippen LogP contribution in [0, 0.1) is 6.92 Å². The molecule has 4 nitrogen and oxygen atoms in total. The molecule has 0 radical (unpaired) electrons. The van der Waals surface area contributed by atoms with Crippen LogP contribution < -0.4 is 0 Å².